The van der Waals surface area contributed by atoms with Gasteiger partial charge in [-0.3, -0.25) is 4.79 Å². The second kappa shape index (κ2) is 5.35. The zero-order valence-electron chi connectivity index (χ0n) is 6.73. The van der Waals surface area contributed by atoms with Gasteiger partial charge in [-0.1, -0.05) is 0 Å². The van der Waals surface area contributed by atoms with Crippen LogP contribution in [0.15, 0.2) is 0 Å². The molecule has 0 aromatic heterocycles. The minimum Gasteiger partial charge on any atom is -0.480 e. The zero-order chi connectivity index (χ0) is 8.27. The molecule has 0 aromatic carbocycles. The highest BCUT2D eigenvalue weighted by atomic mass is 35.5. The van der Waals surface area contributed by atoms with Crippen molar-refractivity contribution in [3.8, 4) is 0 Å². The third-order valence-corrected chi connectivity index (χ3v) is 1.99. The van der Waals surface area contributed by atoms with E-state index in [4.69, 9.17) is 15.6 Å². The minimum atomic E-state index is -0.930. The Kier molecular flexibility index (Phi) is 5.20. The van der Waals surface area contributed by atoms with E-state index in [-0.39, 0.29) is 18.3 Å². The first-order chi connectivity index (χ1) is 5.22. The van der Waals surface area contributed by atoms with Crippen LogP contribution in [0, 0.1) is 5.92 Å². The van der Waals surface area contributed by atoms with Crippen LogP contribution in [-0.2, 0) is 9.53 Å². The number of carboxylic acids is 1. The lowest BCUT2D eigenvalue weighted by molar-refractivity contribution is -0.141. The molecule has 1 aliphatic rings. The number of carbonyl (C=O) groups is 1. The van der Waals surface area contributed by atoms with Crippen LogP contribution >= 0.6 is 12.4 Å². The lowest BCUT2D eigenvalue weighted by Gasteiger charge is -2.24. The van der Waals surface area contributed by atoms with Gasteiger partial charge in [-0.15, -0.1) is 12.4 Å². The van der Waals surface area contributed by atoms with Crippen LogP contribution < -0.4 is 5.73 Å². The summed E-state index contributed by atoms with van der Waals surface area (Å²) in [6.07, 6.45) is 1.79. The molecule has 0 bridgehead atoms. The molecule has 2 unspecified atom stereocenters. The fourth-order valence-electron chi connectivity index (χ4n) is 1.25. The summed E-state index contributed by atoms with van der Waals surface area (Å²) in [5.41, 5.74) is 5.41. The van der Waals surface area contributed by atoms with Crippen LogP contribution in [0.1, 0.15) is 12.8 Å². The molecule has 1 aliphatic heterocycles. The topological polar surface area (TPSA) is 72.6 Å². The lowest BCUT2D eigenvalue weighted by Crippen LogP contribution is -2.41. The van der Waals surface area contributed by atoms with Gasteiger partial charge in [0.25, 0.3) is 0 Å². The third-order valence-electron chi connectivity index (χ3n) is 1.99. The van der Waals surface area contributed by atoms with Crippen LogP contribution in [-0.4, -0.2) is 30.3 Å². The number of aliphatic carboxylic acids is 1. The molecule has 5 heteroatoms. The second-order valence-corrected chi connectivity index (χ2v) is 2.84. The van der Waals surface area contributed by atoms with Gasteiger partial charge in [-0.25, -0.2) is 0 Å². The Balaban J connectivity index is 0.00000121. The maximum atomic E-state index is 10.4. The number of halogens is 1. The first-order valence-electron chi connectivity index (χ1n) is 3.78. The standard InChI is InChI=1S/C7H13NO3.ClH/c8-6(7(9)10)5-2-1-3-11-4-5;/h5-6H,1-4,8H2,(H,9,10);1H. The number of carboxylic acid groups (broad SMARTS) is 1. The van der Waals surface area contributed by atoms with E-state index in [1.54, 1.807) is 0 Å². The first kappa shape index (κ1) is 11.7. The number of nitrogens with two attached hydrogens (primary N) is 1. The van der Waals surface area contributed by atoms with E-state index >= 15 is 0 Å². The van der Waals surface area contributed by atoms with E-state index in [9.17, 15) is 4.79 Å². The van der Waals surface area contributed by atoms with E-state index in [1.807, 2.05) is 0 Å². The molecule has 1 fully saturated rings. The van der Waals surface area contributed by atoms with Crippen molar-refractivity contribution in [3.05, 3.63) is 0 Å². The predicted molar refractivity (Wildman–Crippen MR) is 46.4 cm³/mol. The molecule has 0 aromatic rings. The van der Waals surface area contributed by atoms with Gasteiger partial charge in [0, 0.05) is 12.5 Å². The van der Waals surface area contributed by atoms with Crippen LogP contribution in [0.5, 0.6) is 0 Å². The van der Waals surface area contributed by atoms with Gasteiger partial charge in [0.1, 0.15) is 6.04 Å². The molecule has 0 amide bonds. The summed E-state index contributed by atoms with van der Waals surface area (Å²) < 4.78 is 5.11. The van der Waals surface area contributed by atoms with E-state index < -0.39 is 12.0 Å². The van der Waals surface area contributed by atoms with Crippen molar-refractivity contribution in [3.63, 3.8) is 0 Å². The summed E-state index contributed by atoms with van der Waals surface area (Å²) in [5.74, 6) is -0.929. The summed E-state index contributed by atoms with van der Waals surface area (Å²) >= 11 is 0. The summed E-state index contributed by atoms with van der Waals surface area (Å²) in [6, 6.07) is -0.754. The van der Waals surface area contributed by atoms with Crippen molar-refractivity contribution in [2.24, 2.45) is 11.7 Å². The number of hydrogen-bond donors (Lipinski definition) is 2. The Morgan fingerprint density at radius 3 is 2.75 bits per heavy atom. The Labute approximate surface area is 77.5 Å². The third kappa shape index (κ3) is 2.97. The van der Waals surface area contributed by atoms with Gasteiger partial charge < -0.3 is 15.6 Å². The highest BCUT2D eigenvalue weighted by molar-refractivity contribution is 5.85. The predicted octanol–water partition coefficient (Wildman–Crippen LogP) is 0.247. The Bertz CT molecular complexity index is 148. The molecule has 0 spiro atoms. The van der Waals surface area contributed by atoms with Gasteiger partial charge in [-0.05, 0) is 12.8 Å². The summed E-state index contributed by atoms with van der Waals surface area (Å²) in [6.45, 7) is 1.23. The first-order valence-corrected chi connectivity index (χ1v) is 3.78. The maximum Gasteiger partial charge on any atom is 0.320 e. The average Bonchev–Trinajstić information content (AvgIpc) is 2.05. The van der Waals surface area contributed by atoms with Crippen LogP contribution in [0.25, 0.3) is 0 Å². The molecule has 1 heterocycles. The fraction of sp³-hybridized carbons (Fsp3) is 0.857. The van der Waals surface area contributed by atoms with Crippen molar-refractivity contribution >= 4 is 18.4 Å². The van der Waals surface area contributed by atoms with Crippen molar-refractivity contribution < 1.29 is 14.6 Å². The van der Waals surface area contributed by atoms with Crippen LogP contribution in [0.4, 0.5) is 0 Å². The molecule has 2 atom stereocenters. The van der Waals surface area contributed by atoms with Crippen molar-refractivity contribution in [2.75, 3.05) is 13.2 Å². The number of ether oxygens (including phenoxy) is 1. The Morgan fingerprint density at radius 2 is 2.33 bits per heavy atom. The van der Waals surface area contributed by atoms with Gasteiger partial charge in [0.05, 0.1) is 6.61 Å². The molecule has 0 aliphatic carbocycles. The molecular weight excluding hydrogens is 182 g/mol. The maximum absolute atomic E-state index is 10.4. The van der Waals surface area contributed by atoms with E-state index in [0.29, 0.717) is 6.61 Å². The Hall–Kier alpha value is -0.320. The molecule has 1 rings (SSSR count). The molecule has 0 radical (unpaired) electrons. The quantitative estimate of drug-likeness (QED) is 0.663. The van der Waals surface area contributed by atoms with Crippen molar-refractivity contribution in [2.45, 2.75) is 18.9 Å². The highest BCUT2D eigenvalue weighted by Crippen LogP contribution is 2.15. The van der Waals surface area contributed by atoms with Crippen molar-refractivity contribution in [1.82, 2.24) is 0 Å². The normalized spacial score (nSPS) is 25.6. The van der Waals surface area contributed by atoms with E-state index in [1.165, 1.54) is 0 Å². The average molecular weight is 196 g/mol. The number of hydrogen-bond acceptors (Lipinski definition) is 3. The molecule has 12 heavy (non-hydrogen) atoms. The van der Waals surface area contributed by atoms with Crippen LogP contribution in [0.2, 0.25) is 0 Å². The fourth-order valence-corrected chi connectivity index (χ4v) is 1.25. The molecule has 4 nitrogen and oxygen atoms in total. The summed E-state index contributed by atoms with van der Waals surface area (Å²) in [4.78, 5) is 10.4. The summed E-state index contributed by atoms with van der Waals surface area (Å²) in [7, 11) is 0. The van der Waals surface area contributed by atoms with E-state index in [2.05, 4.69) is 0 Å². The molecule has 1 saturated heterocycles. The highest BCUT2D eigenvalue weighted by Gasteiger charge is 2.25. The number of rotatable bonds is 2. The summed E-state index contributed by atoms with van der Waals surface area (Å²) in [5, 5.41) is 8.55. The van der Waals surface area contributed by atoms with Gasteiger partial charge in [0.2, 0.25) is 0 Å². The van der Waals surface area contributed by atoms with Crippen molar-refractivity contribution in [1.29, 1.82) is 0 Å². The van der Waals surface area contributed by atoms with Crippen LogP contribution in [0.3, 0.4) is 0 Å². The molecular formula is C7H14ClNO3. The van der Waals surface area contributed by atoms with Gasteiger partial charge >= 0.3 is 5.97 Å². The monoisotopic (exact) mass is 195 g/mol. The largest absolute Gasteiger partial charge is 0.480 e. The minimum absolute atomic E-state index is 0. The zero-order valence-corrected chi connectivity index (χ0v) is 7.55. The smallest absolute Gasteiger partial charge is 0.320 e. The molecule has 72 valence electrons. The SMILES string of the molecule is Cl.NC(C(=O)O)C1CCCOC1. The van der Waals surface area contributed by atoms with Gasteiger partial charge in [0.15, 0.2) is 0 Å². The lowest BCUT2D eigenvalue weighted by atomic mass is 9.95. The Morgan fingerprint density at radius 1 is 1.67 bits per heavy atom. The van der Waals surface area contributed by atoms with Gasteiger partial charge in [-0.2, -0.15) is 0 Å². The molecule has 3 N–H and O–H groups in total. The second-order valence-electron chi connectivity index (χ2n) is 2.84. The van der Waals surface area contributed by atoms with E-state index in [0.717, 1.165) is 19.4 Å². The molecule has 0 saturated carbocycles.